The van der Waals surface area contributed by atoms with Crippen molar-refractivity contribution in [2.45, 2.75) is 44.2 Å². The molecule has 0 aliphatic carbocycles. The van der Waals surface area contributed by atoms with E-state index in [1.165, 1.54) is 12.1 Å². The number of aliphatic hydroxyl groups is 2. The molecule has 1 aromatic carbocycles. The highest BCUT2D eigenvalue weighted by atomic mass is 31.2. The summed E-state index contributed by atoms with van der Waals surface area (Å²) < 4.78 is 40.9. The predicted molar refractivity (Wildman–Crippen MR) is 130 cm³/mol. The van der Waals surface area contributed by atoms with Crippen LogP contribution >= 0.6 is 7.75 Å². The number of benzene rings is 1. The number of nitriles is 1. The van der Waals surface area contributed by atoms with Gasteiger partial charge in [0.15, 0.2) is 5.72 Å². The highest BCUT2D eigenvalue weighted by Gasteiger charge is 2.52. The highest BCUT2D eigenvalue weighted by Crippen LogP contribution is 2.46. The van der Waals surface area contributed by atoms with Gasteiger partial charge in [0.1, 0.15) is 36.4 Å². The van der Waals surface area contributed by atoms with E-state index in [1.54, 1.807) is 38.1 Å². The minimum atomic E-state index is -4.50. The standard InChI is InChI=1S/C23H29N4O11P/c1-3-34-19(28)10-16(22(31)35-4-2)26-39(33,38-15-8-6-5-7-9-15)37-12-18-20(29)23(32,13-36-18)27-14-25-17(11-24)21(27)30/h5-9,14,16,18,20,29-30,32H,3-4,10,12-13H2,1-2H3,(H,26,33)/t16-,18+,20+,23-,39?/m0/s1. The molecule has 0 radical (unpaired) electrons. The molecule has 16 heteroatoms. The number of esters is 2. The number of hydrogen-bond donors (Lipinski definition) is 4. The number of para-hydroxylation sites is 1. The first-order chi connectivity index (χ1) is 18.6. The molecule has 1 aliphatic heterocycles. The van der Waals surface area contributed by atoms with Crippen LogP contribution in [0.3, 0.4) is 0 Å². The molecule has 39 heavy (non-hydrogen) atoms. The van der Waals surface area contributed by atoms with Crippen molar-refractivity contribution in [3.63, 3.8) is 0 Å². The predicted octanol–water partition coefficient (Wildman–Crippen LogP) is 0.543. The lowest BCUT2D eigenvalue weighted by atomic mass is 10.1. The van der Waals surface area contributed by atoms with Gasteiger partial charge in [0.05, 0.1) is 32.8 Å². The van der Waals surface area contributed by atoms with Crippen molar-refractivity contribution in [1.82, 2.24) is 14.6 Å². The largest absolute Gasteiger partial charge is 0.492 e. The number of nitrogens with zero attached hydrogens (tertiary/aromatic N) is 3. The maximum Gasteiger partial charge on any atom is 0.459 e. The number of carbonyl (C=O) groups is 2. The van der Waals surface area contributed by atoms with Gasteiger partial charge in [0.25, 0.3) is 0 Å². The highest BCUT2D eigenvalue weighted by molar-refractivity contribution is 7.52. The van der Waals surface area contributed by atoms with E-state index in [4.69, 9.17) is 28.5 Å². The molecule has 0 saturated carbocycles. The van der Waals surface area contributed by atoms with E-state index in [2.05, 4.69) is 10.1 Å². The van der Waals surface area contributed by atoms with Crippen molar-refractivity contribution in [3.05, 3.63) is 42.4 Å². The molecule has 0 bridgehead atoms. The third kappa shape index (κ3) is 7.12. The summed E-state index contributed by atoms with van der Waals surface area (Å²) in [5.74, 6) is -2.30. The molecule has 3 rings (SSSR count). The Kier molecular flexibility index (Phi) is 10.0. The van der Waals surface area contributed by atoms with Crippen LogP contribution in [0, 0.1) is 11.3 Å². The van der Waals surface area contributed by atoms with E-state index in [1.807, 2.05) is 0 Å². The third-order valence-electron chi connectivity index (χ3n) is 5.54. The van der Waals surface area contributed by atoms with Crippen molar-refractivity contribution in [2.75, 3.05) is 26.4 Å². The number of aromatic nitrogens is 2. The molecular weight excluding hydrogens is 539 g/mol. The van der Waals surface area contributed by atoms with Crippen LogP contribution in [0.1, 0.15) is 26.0 Å². The lowest BCUT2D eigenvalue weighted by Crippen LogP contribution is -2.47. The average molecular weight is 568 g/mol. The van der Waals surface area contributed by atoms with Crippen molar-refractivity contribution in [3.8, 4) is 17.7 Å². The number of aromatic hydroxyl groups is 1. The molecular formula is C23H29N4O11P. The summed E-state index contributed by atoms with van der Waals surface area (Å²) in [5.41, 5.74) is -2.62. The Bertz CT molecular complexity index is 1230. The van der Waals surface area contributed by atoms with Crippen molar-refractivity contribution in [2.24, 2.45) is 0 Å². The summed E-state index contributed by atoms with van der Waals surface area (Å²) in [5, 5.41) is 43.3. The van der Waals surface area contributed by atoms with Crippen LogP contribution in [0.25, 0.3) is 0 Å². The molecule has 4 N–H and O–H groups in total. The third-order valence-corrected chi connectivity index (χ3v) is 7.11. The van der Waals surface area contributed by atoms with Gasteiger partial charge >= 0.3 is 19.7 Å². The Balaban J connectivity index is 1.82. The molecule has 0 amide bonds. The van der Waals surface area contributed by atoms with Crippen molar-refractivity contribution >= 4 is 19.7 Å². The zero-order valence-electron chi connectivity index (χ0n) is 21.1. The first-order valence-electron chi connectivity index (χ1n) is 11.8. The maximum atomic E-state index is 13.8. The van der Waals surface area contributed by atoms with Crippen LogP contribution in [0.15, 0.2) is 36.7 Å². The molecule has 212 valence electrons. The Morgan fingerprint density at radius 1 is 1.31 bits per heavy atom. The smallest absolute Gasteiger partial charge is 0.459 e. The average Bonchev–Trinajstić information content (AvgIpc) is 3.42. The molecule has 1 saturated heterocycles. The fourth-order valence-electron chi connectivity index (χ4n) is 3.64. The molecule has 1 fully saturated rings. The van der Waals surface area contributed by atoms with Crippen molar-refractivity contribution < 1.29 is 52.7 Å². The van der Waals surface area contributed by atoms with Crippen LogP contribution < -0.4 is 9.61 Å². The van der Waals surface area contributed by atoms with Crippen LogP contribution in [0.2, 0.25) is 0 Å². The Morgan fingerprint density at radius 3 is 2.62 bits per heavy atom. The maximum absolute atomic E-state index is 13.8. The quantitative estimate of drug-likeness (QED) is 0.192. The monoisotopic (exact) mass is 568 g/mol. The first-order valence-corrected chi connectivity index (χ1v) is 13.4. The summed E-state index contributed by atoms with van der Waals surface area (Å²) in [7, 11) is -4.50. The van der Waals surface area contributed by atoms with Gasteiger partial charge in [-0.1, -0.05) is 18.2 Å². The lowest BCUT2D eigenvalue weighted by molar-refractivity contribution is -0.151. The minimum Gasteiger partial charge on any atom is -0.492 e. The minimum absolute atomic E-state index is 0.0279. The summed E-state index contributed by atoms with van der Waals surface area (Å²) in [6.45, 7) is 1.95. The zero-order valence-corrected chi connectivity index (χ0v) is 22.0. The van der Waals surface area contributed by atoms with Crippen molar-refractivity contribution in [1.29, 1.82) is 5.26 Å². The molecule has 1 unspecified atom stereocenters. The summed E-state index contributed by atoms with van der Waals surface area (Å²) in [4.78, 5) is 28.3. The van der Waals surface area contributed by atoms with E-state index in [-0.39, 0.29) is 24.7 Å². The number of rotatable bonds is 13. The topological polar surface area (TPSA) is 212 Å². The summed E-state index contributed by atoms with van der Waals surface area (Å²) >= 11 is 0. The van der Waals surface area contributed by atoms with E-state index >= 15 is 0 Å². The number of nitrogens with one attached hydrogen (secondary N) is 1. The van der Waals surface area contributed by atoms with Gasteiger partial charge in [-0.2, -0.15) is 10.3 Å². The molecule has 2 heterocycles. The van der Waals surface area contributed by atoms with Crippen LogP contribution in [-0.2, 0) is 38.6 Å². The van der Waals surface area contributed by atoms with E-state index in [9.17, 15) is 29.5 Å². The fraction of sp³-hybridized carbons (Fsp3) is 0.478. The first kappa shape index (κ1) is 30.0. The SMILES string of the molecule is CCOC(=O)C[C@H](NP(=O)(OC[C@H]1OC[C@@](O)(n2cnc(C#N)c2O)[C@@H]1O)Oc1ccccc1)C(=O)OCC. The molecule has 5 atom stereocenters. The second kappa shape index (κ2) is 13.0. The summed E-state index contributed by atoms with van der Waals surface area (Å²) in [6.07, 6.45) is -2.67. The van der Waals surface area contributed by atoms with Crippen LogP contribution in [0.5, 0.6) is 11.6 Å². The second-order valence-electron chi connectivity index (χ2n) is 8.21. The van der Waals surface area contributed by atoms with E-state index in [0.29, 0.717) is 0 Å². The molecule has 1 aromatic heterocycles. The number of ether oxygens (including phenoxy) is 3. The number of hydrogen-bond acceptors (Lipinski definition) is 13. The second-order valence-corrected chi connectivity index (χ2v) is 9.91. The molecule has 15 nitrogen and oxygen atoms in total. The molecule has 0 spiro atoms. The lowest BCUT2D eigenvalue weighted by Gasteiger charge is -2.29. The van der Waals surface area contributed by atoms with Gasteiger partial charge in [0, 0.05) is 0 Å². The Hall–Kier alpha value is -3.51. The van der Waals surface area contributed by atoms with Crippen LogP contribution in [-0.4, -0.2) is 81.5 Å². The van der Waals surface area contributed by atoms with Gasteiger partial charge < -0.3 is 34.1 Å². The number of carbonyl (C=O) groups excluding carboxylic acids is 2. The van der Waals surface area contributed by atoms with Gasteiger partial charge in [-0.15, -0.1) is 0 Å². The Morgan fingerprint density at radius 2 is 2.00 bits per heavy atom. The number of aliphatic hydroxyl groups excluding tert-OH is 1. The van der Waals surface area contributed by atoms with E-state index < -0.39 is 69.2 Å². The van der Waals surface area contributed by atoms with Gasteiger partial charge in [-0.3, -0.25) is 18.7 Å². The zero-order chi connectivity index (χ0) is 28.6. The van der Waals surface area contributed by atoms with E-state index in [0.717, 1.165) is 10.9 Å². The van der Waals surface area contributed by atoms with Gasteiger partial charge in [-0.25, -0.2) is 9.55 Å². The normalized spacial score (nSPS) is 22.8. The fourth-order valence-corrected chi connectivity index (χ4v) is 5.14. The van der Waals surface area contributed by atoms with Gasteiger partial charge in [0.2, 0.25) is 11.6 Å². The number of imidazole rings is 1. The Labute approximate surface area is 223 Å². The molecule has 2 aromatic rings. The molecule has 1 aliphatic rings. The van der Waals surface area contributed by atoms with Gasteiger partial charge in [-0.05, 0) is 26.0 Å². The summed E-state index contributed by atoms with van der Waals surface area (Å²) in [6, 6.07) is 7.96. The van der Waals surface area contributed by atoms with Crippen LogP contribution in [0.4, 0.5) is 0 Å².